The van der Waals surface area contributed by atoms with Gasteiger partial charge in [0.1, 0.15) is 0 Å². The average molecular weight is 184 g/mol. The fourth-order valence-electron chi connectivity index (χ4n) is 0.592. The SMILES string of the molecule is CC1(C)COP(=O)(O)OC1.O. The molecule has 11 heavy (non-hydrogen) atoms. The van der Waals surface area contributed by atoms with Gasteiger partial charge in [-0.25, -0.2) is 4.57 Å². The minimum absolute atomic E-state index is 0. The molecule has 1 heterocycles. The third-order valence-corrected chi connectivity index (χ3v) is 2.15. The van der Waals surface area contributed by atoms with Crippen molar-refractivity contribution in [3.05, 3.63) is 0 Å². The summed E-state index contributed by atoms with van der Waals surface area (Å²) in [5.41, 5.74) is -0.142. The maximum atomic E-state index is 10.6. The van der Waals surface area contributed by atoms with Crippen molar-refractivity contribution in [3.8, 4) is 0 Å². The maximum Gasteiger partial charge on any atom is 0.472 e. The van der Waals surface area contributed by atoms with Crippen LogP contribution in [-0.4, -0.2) is 23.6 Å². The first kappa shape index (κ1) is 11.1. The van der Waals surface area contributed by atoms with E-state index >= 15 is 0 Å². The summed E-state index contributed by atoms with van der Waals surface area (Å²) in [7, 11) is -3.67. The Morgan fingerprint density at radius 3 is 2.00 bits per heavy atom. The number of hydrogen-bond acceptors (Lipinski definition) is 3. The van der Waals surface area contributed by atoms with Crippen molar-refractivity contribution in [1.82, 2.24) is 0 Å². The Labute approximate surface area is 65.2 Å². The largest absolute Gasteiger partial charge is 0.472 e. The first-order chi connectivity index (χ1) is 4.41. The average Bonchev–Trinajstić information content (AvgIpc) is 1.79. The Bertz CT molecular complexity index is 164. The van der Waals surface area contributed by atoms with Gasteiger partial charge in [0, 0.05) is 5.41 Å². The Hall–Kier alpha value is 0.0700. The van der Waals surface area contributed by atoms with Gasteiger partial charge in [0.25, 0.3) is 0 Å². The molecular weight excluding hydrogens is 171 g/mol. The highest BCUT2D eigenvalue weighted by atomic mass is 31.2. The molecule has 0 aromatic heterocycles. The van der Waals surface area contributed by atoms with E-state index in [1.807, 2.05) is 13.8 Å². The minimum Gasteiger partial charge on any atom is -0.412 e. The van der Waals surface area contributed by atoms with Crippen LogP contribution >= 0.6 is 7.82 Å². The fourth-order valence-corrected chi connectivity index (χ4v) is 1.69. The van der Waals surface area contributed by atoms with Crippen LogP contribution in [0.5, 0.6) is 0 Å². The van der Waals surface area contributed by atoms with E-state index in [1.54, 1.807) is 0 Å². The Morgan fingerprint density at radius 1 is 1.36 bits per heavy atom. The van der Waals surface area contributed by atoms with Crippen LogP contribution in [0.15, 0.2) is 0 Å². The molecule has 68 valence electrons. The smallest absolute Gasteiger partial charge is 0.412 e. The summed E-state index contributed by atoms with van der Waals surface area (Å²) in [6.45, 7) is 4.37. The second-order valence-electron chi connectivity index (χ2n) is 3.18. The molecule has 1 rings (SSSR count). The first-order valence-electron chi connectivity index (χ1n) is 3.03. The molecule has 0 aromatic rings. The zero-order valence-electron chi connectivity index (χ0n) is 6.53. The first-order valence-corrected chi connectivity index (χ1v) is 4.53. The van der Waals surface area contributed by atoms with Crippen LogP contribution in [0.4, 0.5) is 0 Å². The molecule has 0 spiro atoms. The van der Waals surface area contributed by atoms with Crippen LogP contribution in [0.25, 0.3) is 0 Å². The van der Waals surface area contributed by atoms with Crippen molar-refractivity contribution >= 4 is 7.82 Å². The van der Waals surface area contributed by atoms with Gasteiger partial charge in [0.2, 0.25) is 0 Å². The van der Waals surface area contributed by atoms with Crippen LogP contribution in [0.1, 0.15) is 13.8 Å². The molecule has 0 bridgehead atoms. The zero-order chi connectivity index (χ0) is 7.83. The van der Waals surface area contributed by atoms with Crippen LogP contribution in [0.3, 0.4) is 0 Å². The van der Waals surface area contributed by atoms with Gasteiger partial charge in [-0.3, -0.25) is 9.05 Å². The highest BCUT2D eigenvalue weighted by Crippen LogP contribution is 2.49. The van der Waals surface area contributed by atoms with Gasteiger partial charge in [-0.15, -0.1) is 0 Å². The topological polar surface area (TPSA) is 87.3 Å². The van der Waals surface area contributed by atoms with Crippen molar-refractivity contribution in [3.63, 3.8) is 0 Å². The van der Waals surface area contributed by atoms with E-state index < -0.39 is 7.82 Å². The van der Waals surface area contributed by atoms with Gasteiger partial charge in [0.05, 0.1) is 13.2 Å². The number of phosphoric ester groups is 1. The maximum absolute atomic E-state index is 10.6. The fraction of sp³-hybridized carbons (Fsp3) is 1.00. The van der Waals surface area contributed by atoms with Crippen LogP contribution in [0.2, 0.25) is 0 Å². The lowest BCUT2D eigenvalue weighted by molar-refractivity contribution is 0.0148. The highest BCUT2D eigenvalue weighted by Gasteiger charge is 2.34. The van der Waals surface area contributed by atoms with Crippen molar-refractivity contribution < 1.29 is 24.0 Å². The molecule has 0 aromatic carbocycles. The summed E-state index contributed by atoms with van der Waals surface area (Å²) >= 11 is 0. The minimum atomic E-state index is -3.67. The molecule has 0 saturated carbocycles. The van der Waals surface area contributed by atoms with Gasteiger partial charge < -0.3 is 10.4 Å². The molecule has 0 unspecified atom stereocenters. The predicted octanol–water partition coefficient (Wildman–Crippen LogP) is 0.335. The van der Waals surface area contributed by atoms with Gasteiger partial charge in [-0.2, -0.15) is 0 Å². The lowest BCUT2D eigenvalue weighted by atomic mass is 9.97. The molecule has 1 aliphatic heterocycles. The lowest BCUT2D eigenvalue weighted by Crippen LogP contribution is -2.29. The van der Waals surface area contributed by atoms with Crippen molar-refractivity contribution in [1.29, 1.82) is 0 Å². The van der Waals surface area contributed by atoms with Crippen molar-refractivity contribution in [2.75, 3.05) is 13.2 Å². The quantitative estimate of drug-likeness (QED) is 0.549. The summed E-state index contributed by atoms with van der Waals surface area (Å²) in [4.78, 5) is 8.72. The normalized spacial score (nSPS) is 27.2. The molecule has 1 fully saturated rings. The summed E-state index contributed by atoms with van der Waals surface area (Å²) in [5, 5.41) is 0. The van der Waals surface area contributed by atoms with Gasteiger partial charge in [0.15, 0.2) is 0 Å². The number of phosphoric acid groups is 1. The molecule has 5 nitrogen and oxygen atoms in total. The van der Waals surface area contributed by atoms with Crippen LogP contribution in [0, 0.1) is 5.41 Å². The Kier molecular flexibility index (Phi) is 3.23. The summed E-state index contributed by atoms with van der Waals surface area (Å²) in [5.74, 6) is 0. The molecule has 3 N–H and O–H groups in total. The van der Waals surface area contributed by atoms with Crippen LogP contribution < -0.4 is 0 Å². The summed E-state index contributed by atoms with van der Waals surface area (Å²) < 4.78 is 19.8. The van der Waals surface area contributed by atoms with E-state index in [-0.39, 0.29) is 24.1 Å². The van der Waals surface area contributed by atoms with E-state index in [0.29, 0.717) is 0 Å². The second-order valence-corrected chi connectivity index (χ2v) is 4.63. The monoisotopic (exact) mass is 184 g/mol. The molecule has 0 atom stereocenters. The van der Waals surface area contributed by atoms with Crippen molar-refractivity contribution in [2.24, 2.45) is 5.41 Å². The summed E-state index contributed by atoms with van der Waals surface area (Å²) in [6, 6.07) is 0. The molecule has 0 radical (unpaired) electrons. The Balaban J connectivity index is 0.000001000. The summed E-state index contributed by atoms with van der Waals surface area (Å²) in [6.07, 6.45) is 0. The van der Waals surface area contributed by atoms with Crippen molar-refractivity contribution in [2.45, 2.75) is 13.8 Å². The van der Waals surface area contributed by atoms with Crippen LogP contribution in [-0.2, 0) is 13.6 Å². The zero-order valence-corrected chi connectivity index (χ0v) is 7.43. The molecule has 1 aliphatic rings. The van der Waals surface area contributed by atoms with E-state index in [0.717, 1.165) is 0 Å². The molecule has 6 heteroatoms. The third-order valence-electron chi connectivity index (χ3n) is 1.24. The number of rotatable bonds is 0. The predicted molar refractivity (Wildman–Crippen MR) is 39.1 cm³/mol. The second kappa shape index (κ2) is 3.21. The van der Waals surface area contributed by atoms with E-state index in [1.165, 1.54) is 0 Å². The van der Waals surface area contributed by atoms with Gasteiger partial charge >= 0.3 is 7.82 Å². The number of hydrogen-bond donors (Lipinski definition) is 1. The van der Waals surface area contributed by atoms with Gasteiger partial charge in [-0.05, 0) is 0 Å². The Morgan fingerprint density at radius 2 is 1.73 bits per heavy atom. The third kappa shape index (κ3) is 3.31. The lowest BCUT2D eigenvalue weighted by Gasteiger charge is -2.30. The van der Waals surface area contributed by atoms with E-state index in [4.69, 9.17) is 4.89 Å². The van der Waals surface area contributed by atoms with E-state index in [2.05, 4.69) is 9.05 Å². The van der Waals surface area contributed by atoms with E-state index in [9.17, 15) is 4.57 Å². The molecule has 0 aliphatic carbocycles. The van der Waals surface area contributed by atoms with Gasteiger partial charge in [-0.1, -0.05) is 13.8 Å². The molecule has 0 amide bonds. The molecule has 1 saturated heterocycles. The highest BCUT2D eigenvalue weighted by molar-refractivity contribution is 7.47. The molecular formula is C5H13O5P. The standard InChI is InChI=1S/C5H11O4P.H2O/c1-5(2)3-8-10(6,7)9-4-5;/h3-4H2,1-2H3,(H,6,7);1H2.